The van der Waals surface area contributed by atoms with E-state index in [1.807, 2.05) is 86.6 Å². The zero-order chi connectivity index (χ0) is 28.0. The molecule has 0 bridgehead atoms. The first-order valence-electron chi connectivity index (χ1n) is 13.3. The molecule has 0 radical (unpaired) electrons. The van der Waals surface area contributed by atoms with E-state index >= 15 is 0 Å². The molecule has 6 rings (SSSR count). The Morgan fingerprint density at radius 3 is 2.02 bits per heavy atom. The van der Waals surface area contributed by atoms with Crippen LogP contribution < -0.4 is 4.90 Å². The molecule has 204 valence electrons. The molecule has 2 aromatic heterocycles. The topological polar surface area (TPSA) is 103 Å². The van der Waals surface area contributed by atoms with Crippen molar-refractivity contribution in [2.75, 3.05) is 18.0 Å². The van der Waals surface area contributed by atoms with Crippen LogP contribution in [0.2, 0.25) is 0 Å². The summed E-state index contributed by atoms with van der Waals surface area (Å²) in [5, 5.41) is 29.1. The van der Waals surface area contributed by atoms with Gasteiger partial charge in [-0.05, 0) is 86.3 Å². The van der Waals surface area contributed by atoms with Crippen LogP contribution in [0.1, 0.15) is 24.0 Å². The molecule has 0 N–H and O–H groups in total. The van der Waals surface area contributed by atoms with E-state index in [0.717, 1.165) is 57.5 Å². The number of aryl methyl sites for hydroxylation is 2. The molecule has 9 nitrogen and oxygen atoms in total. The van der Waals surface area contributed by atoms with Gasteiger partial charge in [-0.1, -0.05) is 41.7 Å². The van der Waals surface area contributed by atoms with Crippen LogP contribution in [0.25, 0.3) is 11.4 Å². The summed E-state index contributed by atoms with van der Waals surface area (Å²) in [6, 6.07) is 25.5. The van der Waals surface area contributed by atoms with Crippen LogP contribution in [0.3, 0.4) is 0 Å². The van der Waals surface area contributed by atoms with Gasteiger partial charge < -0.3 is 4.90 Å². The molecular formula is C30H27N9S2. The summed E-state index contributed by atoms with van der Waals surface area (Å²) in [4.78, 5) is 6.87. The summed E-state index contributed by atoms with van der Waals surface area (Å²) in [5.41, 5.74) is 5.91. The Bertz CT molecular complexity index is 1730. The first-order chi connectivity index (χ1) is 20.1. The molecule has 0 unspecified atom stereocenters. The zero-order valence-electron chi connectivity index (χ0n) is 22.7. The summed E-state index contributed by atoms with van der Waals surface area (Å²) in [6.07, 6.45) is 2.52. The number of benzene rings is 3. The SMILES string of the molecule is Cc1cc(N=Nc2ccc(N3CCCC3)s2)ccc1N=Nc1ccc(N=Nc2nc(-c3ccccc3)ns2)c(C)c1. The monoisotopic (exact) mass is 577 g/mol. The molecule has 0 saturated carbocycles. The number of hydrogen-bond donors (Lipinski definition) is 0. The van der Waals surface area contributed by atoms with E-state index in [2.05, 4.69) is 51.0 Å². The van der Waals surface area contributed by atoms with Crippen molar-refractivity contribution >= 4 is 60.8 Å². The first-order valence-corrected chi connectivity index (χ1v) is 14.9. The average Bonchev–Trinajstić information content (AvgIpc) is 3.78. The quantitative estimate of drug-likeness (QED) is 0.171. The first kappa shape index (κ1) is 26.7. The molecule has 0 amide bonds. The summed E-state index contributed by atoms with van der Waals surface area (Å²) in [7, 11) is 0. The minimum Gasteiger partial charge on any atom is -0.363 e. The van der Waals surface area contributed by atoms with Crippen LogP contribution in [-0.4, -0.2) is 22.4 Å². The van der Waals surface area contributed by atoms with Crippen molar-refractivity contribution in [1.29, 1.82) is 0 Å². The maximum absolute atomic E-state index is 4.46. The minimum absolute atomic E-state index is 0.507. The van der Waals surface area contributed by atoms with Crippen LogP contribution in [0, 0.1) is 13.8 Å². The fourth-order valence-corrected chi connectivity index (χ4v) is 5.78. The van der Waals surface area contributed by atoms with Gasteiger partial charge in [0.1, 0.15) is 5.00 Å². The Hall–Kier alpha value is -4.48. The van der Waals surface area contributed by atoms with Gasteiger partial charge in [-0.3, -0.25) is 0 Å². The maximum Gasteiger partial charge on any atom is 0.249 e. The molecule has 3 heterocycles. The Morgan fingerprint density at radius 1 is 0.683 bits per heavy atom. The standard InChI is InChI=1S/C30H27N9S2/c1-20-19-24(33-36-27-14-15-28(40-27)39-16-6-7-17-39)11-12-25(20)34-32-23-10-13-26(21(2)18-23)35-37-30-31-29(38-41-30)22-8-4-3-5-9-22/h3-5,8-15,18-19H,6-7,16-17H2,1-2H3. The zero-order valence-corrected chi connectivity index (χ0v) is 24.3. The number of hydrogen-bond acceptors (Lipinski definition) is 11. The number of azo groups is 3. The fourth-order valence-electron chi connectivity index (χ4n) is 4.38. The Labute approximate surface area is 246 Å². The highest BCUT2D eigenvalue weighted by molar-refractivity contribution is 7.19. The number of anilines is 1. The second kappa shape index (κ2) is 12.4. The Morgan fingerprint density at radius 2 is 1.34 bits per heavy atom. The molecule has 41 heavy (non-hydrogen) atoms. The van der Waals surface area contributed by atoms with Gasteiger partial charge >= 0.3 is 0 Å². The third-order valence-electron chi connectivity index (χ3n) is 6.58. The van der Waals surface area contributed by atoms with E-state index in [9.17, 15) is 0 Å². The number of nitrogens with zero attached hydrogens (tertiary/aromatic N) is 9. The largest absolute Gasteiger partial charge is 0.363 e. The molecule has 0 spiro atoms. The van der Waals surface area contributed by atoms with Crippen LogP contribution in [0.15, 0.2) is 110 Å². The van der Waals surface area contributed by atoms with E-state index in [4.69, 9.17) is 0 Å². The highest BCUT2D eigenvalue weighted by Crippen LogP contribution is 2.35. The highest BCUT2D eigenvalue weighted by Gasteiger charge is 2.14. The van der Waals surface area contributed by atoms with Crippen molar-refractivity contribution in [2.45, 2.75) is 26.7 Å². The van der Waals surface area contributed by atoms with Gasteiger partial charge in [0, 0.05) is 30.2 Å². The molecule has 1 saturated heterocycles. The summed E-state index contributed by atoms with van der Waals surface area (Å²) in [6.45, 7) is 6.22. The molecule has 5 aromatic rings. The van der Waals surface area contributed by atoms with E-state index < -0.39 is 0 Å². The van der Waals surface area contributed by atoms with Gasteiger partial charge in [-0.2, -0.15) is 19.6 Å². The number of thiophene rings is 1. The minimum atomic E-state index is 0.507. The molecule has 1 fully saturated rings. The second-order valence-electron chi connectivity index (χ2n) is 9.61. The lowest BCUT2D eigenvalue weighted by molar-refractivity contribution is 0.949. The molecule has 11 heteroatoms. The highest BCUT2D eigenvalue weighted by atomic mass is 32.1. The summed E-state index contributed by atoms with van der Waals surface area (Å²) in [5.74, 6) is 0.650. The van der Waals surface area contributed by atoms with Crippen LogP contribution >= 0.6 is 22.9 Å². The third kappa shape index (κ3) is 6.64. The molecular weight excluding hydrogens is 551 g/mol. The molecule has 0 aliphatic carbocycles. The Balaban J connectivity index is 1.08. The van der Waals surface area contributed by atoms with E-state index in [0.29, 0.717) is 11.0 Å². The molecule has 1 aliphatic heterocycles. The summed E-state index contributed by atoms with van der Waals surface area (Å²) < 4.78 is 4.38. The Kier molecular flexibility index (Phi) is 8.06. The van der Waals surface area contributed by atoms with E-state index in [-0.39, 0.29) is 0 Å². The van der Waals surface area contributed by atoms with Crippen LogP contribution in [0.5, 0.6) is 0 Å². The van der Waals surface area contributed by atoms with Gasteiger partial charge in [0.15, 0.2) is 5.82 Å². The van der Waals surface area contributed by atoms with Gasteiger partial charge in [0.2, 0.25) is 5.13 Å². The fraction of sp³-hybridized carbons (Fsp3) is 0.200. The van der Waals surface area contributed by atoms with Crippen molar-refractivity contribution in [1.82, 2.24) is 9.36 Å². The van der Waals surface area contributed by atoms with Crippen LogP contribution in [0.4, 0.5) is 37.9 Å². The number of rotatable bonds is 8. The van der Waals surface area contributed by atoms with Crippen molar-refractivity contribution in [3.63, 3.8) is 0 Å². The summed E-state index contributed by atoms with van der Waals surface area (Å²) >= 11 is 2.90. The van der Waals surface area contributed by atoms with E-state index in [1.165, 1.54) is 29.4 Å². The smallest absolute Gasteiger partial charge is 0.249 e. The van der Waals surface area contributed by atoms with Gasteiger partial charge in [0.25, 0.3) is 0 Å². The van der Waals surface area contributed by atoms with Gasteiger partial charge in [-0.15, -0.1) is 20.5 Å². The third-order valence-corrected chi connectivity index (χ3v) is 8.21. The van der Waals surface area contributed by atoms with Crippen LogP contribution in [-0.2, 0) is 0 Å². The lowest BCUT2D eigenvalue weighted by Gasteiger charge is -2.13. The van der Waals surface area contributed by atoms with Crippen molar-refractivity contribution < 1.29 is 0 Å². The molecule has 3 aromatic carbocycles. The van der Waals surface area contributed by atoms with Crippen molar-refractivity contribution in [3.05, 3.63) is 90.0 Å². The average molecular weight is 578 g/mol. The second-order valence-corrected chi connectivity index (χ2v) is 11.4. The normalized spacial score (nSPS) is 13.9. The van der Waals surface area contributed by atoms with Crippen molar-refractivity contribution in [3.8, 4) is 11.4 Å². The van der Waals surface area contributed by atoms with Gasteiger partial charge in [0.05, 0.1) is 27.8 Å². The lowest BCUT2D eigenvalue weighted by Crippen LogP contribution is -2.15. The maximum atomic E-state index is 4.46. The van der Waals surface area contributed by atoms with E-state index in [1.54, 1.807) is 11.3 Å². The molecule has 0 atom stereocenters. The molecule has 1 aliphatic rings. The number of aromatic nitrogens is 2. The van der Waals surface area contributed by atoms with Crippen molar-refractivity contribution in [2.24, 2.45) is 30.7 Å². The predicted octanol–water partition coefficient (Wildman–Crippen LogP) is 10.7. The lowest BCUT2D eigenvalue weighted by atomic mass is 10.2. The predicted molar refractivity (Wildman–Crippen MR) is 166 cm³/mol. The van der Waals surface area contributed by atoms with Gasteiger partial charge in [-0.25, -0.2) is 0 Å².